The number of aromatic nitrogens is 1. The molecule has 7 rings (SSSR count). The number of rotatable bonds is 5. The Morgan fingerprint density at radius 2 is 1.03 bits per heavy atom. The molecule has 2 heteroatoms. The number of anilines is 2. The predicted octanol–water partition coefficient (Wildman–Crippen LogP) is 9.86. The van der Waals surface area contributed by atoms with Gasteiger partial charge < -0.3 is 9.88 Å². The van der Waals surface area contributed by atoms with Crippen molar-refractivity contribution >= 4 is 33.2 Å². The summed E-state index contributed by atoms with van der Waals surface area (Å²) >= 11 is 0. The van der Waals surface area contributed by atoms with Gasteiger partial charge in [-0.05, 0) is 59.2 Å². The summed E-state index contributed by atoms with van der Waals surface area (Å²) in [6, 6.07) is 53.7. The average molecular weight is 487 g/mol. The van der Waals surface area contributed by atoms with E-state index in [-0.39, 0.29) is 0 Å². The van der Waals surface area contributed by atoms with Crippen LogP contribution in [0.1, 0.15) is 0 Å². The minimum Gasteiger partial charge on any atom is -0.355 e. The molecule has 38 heavy (non-hydrogen) atoms. The molecule has 6 aromatic carbocycles. The number of benzene rings is 6. The molecule has 0 saturated carbocycles. The summed E-state index contributed by atoms with van der Waals surface area (Å²) in [5.41, 5.74) is 10.6. The van der Waals surface area contributed by atoms with E-state index in [1.807, 2.05) is 0 Å². The van der Waals surface area contributed by atoms with Gasteiger partial charge in [-0.2, -0.15) is 0 Å². The SMILES string of the molecule is c1ccc(-c2ccc(-n3c4ccccc4c4cc(Nc5ccccc5-c5ccccc5)ccc43)cc2)cc1. The summed E-state index contributed by atoms with van der Waals surface area (Å²) in [5, 5.41) is 6.17. The van der Waals surface area contributed by atoms with E-state index in [4.69, 9.17) is 0 Å². The summed E-state index contributed by atoms with van der Waals surface area (Å²) in [7, 11) is 0. The first-order valence-electron chi connectivity index (χ1n) is 13.0. The molecule has 0 aliphatic carbocycles. The fraction of sp³-hybridized carbons (Fsp3) is 0. The molecule has 0 atom stereocenters. The largest absolute Gasteiger partial charge is 0.355 e. The van der Waals surface area contributed by atoms with Gasteiger partial charge in [0.1, 0.15) is 0 Å². The van der Waals surface area contributed by atoms with Crippen LogP contribution in [0.15, 0.2) is 152 Å². The monoisotopic (exact) mass is 486 g/mol. The van der Waals surface area contributed by atoms with Gasteiger partial charge >= 0.3 is 0 Å². The molecule has 1 N–H and O–H groups in total. The third kappa shape index (κ3) is 3.93. The molecule has 0 unspecified atom stereocenters. The van der Waals surface area contributed by atoms with Crippen molar-refractivity contribution in [3.63, 3.8) is 0 Å². The van der Waals surface area contributed by atoms with Gasteiger partial charge in [0, 0.05) is 33.4 Å². The van der Waals surface area contributed by atoms with E-state index in [1.54, 1.807) is 0 Å². The number of hydrogen-bond acceptors (Lipinski definition) is 1. The number of nitrogens with one attached hydrogen (secondary N) is 1. The van der Waals surface area contributed by atoms with Crippen LogP contribution in [0.4, 0.5) is 11.4 Å². The Morgan fingerprint density at radius 1 is 0.421 bits per heavy atom. The second-order valence-corrected chi connectivity index (χ2v) is 9.53. The average Bonchev–Trinajstić information content (AvgIpc) is 3.32. The lowest BCUT2D eigenvalue weighted by atomic mass is 10.0. The highest BCUT2D eigenvalue weighted by atomic mass is 15.0. The van der Waals surface area contributed by atoms with E-state index in [2.05, 4.69) is 162 Å². The Bertz CT molecular complexity index is 1860. The van der Waals surface area contributed by atoms with Gasteiger partial charge in [0.25, 0.3) is 0 Å². The maximum Gasteiger partial charge on any atom is 0.0542 e. The van der Waals surface area contributed by atoms with Crippen LogP contribution in [-0.4, -0.2) is 4.57 Å². The summed E-state index contributed by atoms with van der Waals surface area (Å²) in [6.07, 6.45) is 0. The zero-order chi connectivity index (χ0) is 25.3. The molecule has 0 amide bonds. The molecular weight excluding hydrogens is 460 g/mol. The zero-order valence-corrected chi connectivity index (χ0v) is 20.9. The van der Waals surface area contributed by atoms with Crippen molar-refractivity contribution in [2.45, 2.75) is 0 Å². The van der Waals surface area contributed by atoms with Crippen molar-refractivity contribution in [1.82, 2.24) is 4.57 Å². The Kier molecular flexibility index (Phi) is 5.49. The van der Waals surface area contributed by atoms with Crippen LogP contribution in [-0.2, 0) is 0 Å². The van der Waals surface area contributed by atoms with Crippen LogP contribution in [0.2, 0.25) is 0 Å². The van der Waals surface area contributed by atoms with Gasteiger partial charge in [0.2, 0.25) is 0 Å². The lowest BCUT2D eigenvalue weighted by Crippen LogP contribution is -1.95. The molecular formula is C36H26N2. The third-order valence-corrected chi connectivity index (χ3v) is 7.20. The highest BCUT2D eigenvalue weighted by molar-refractivity contribution is 6.10. The molecule has 180 valence electrons. The van der Waals surface area contributed by atoms with Gasteiger partial charge in [0.05, 0.1) is 11.0 Å². The summed E-state index contributed by atoms with van der Waals surface area (Å²) in [4.78, 5) is 0. The minimum atomic E-state index is 1.07. The summed E-state index contributed by atoms with van der Waals surface area (Å²) in [5.74, 6) is 0. The third-order valence-electron chi connectivity index (χ3n) is 7.20. The second kappa shape index (κ2) is 9.42. The molecule has 0 spiro atoms. The van der Waals surface area contributed by atoms with E-state index in [1.165, 1.54) is 44.1 Å². The lowest BCUT2D eigenvalue weighted by Gasteiger charge is -2.13. The van der Waals surface area contributed by atoms with E-state index in [9.17, 15) is 0 Å². The smallest absolute Gasteiger partial charge is 0.0542 e. The fourth-order valence-corrected chi connectivity index (χ4v) is 5.38. The molecule has 7 aromatic rings. The van der Waals surface area contributed by atoms with Crippen LogP contribution in [0.3, 0.4) is 0 Å². The van der Waals surface area contributed by atoms with E-state index in [0.29, 0.717) is 0 Å². The Morgan fingerprint density at radius 3 is 1.82 bits per heavy atom. The van der Waals surface area contributed by atoms with Crippen LogP contribution < -0.4 is 5.32 Å². The number of para-hydroxylation sites is 2. The fourth-order valence-electron chi connectivity index (χ4n) is 5.38. The van der Waals surface area contributed by atoms with Crippen molar-refractivity contribution in [1.29, 1.82) is 0 Å². The number of nitrogens with zero attached hydrogens (tertiary/aromatic N) is 1. The first-order chi connectivity index (χ1) is 18.8. The Balaban J connectivity index is 1.31. The maximum absolute atomic E-state index is 3.69. The van der Waals surface area contributed by atoms with E-state index < -0.39 is 0 Å². The predicted molar refractivity (Wildman–Crippen MR) is 161 cm³/mol. The highest BCUT2D eigenvalue weighted by Crippen LogP contribution is 2.36. The van der Waals surface area contributed by atoms with Crippen LogP contribution >= 0.6 is 0 Å². The van der Waals surface area contributed by atoms with Crippen LogP contribution in [0.25, 0.3) is 49.7 Å². The number of fused-ring (bicyclic) bond motifs is 3. The first-order valence-corrected chi connectivity index (χ1v) is 13.0. The Hall–Kier alpha value is -5.08. The summed E-state index contributed by atoms with van der Waals surface area (Å²) in [6.45, 7) is 0. The second-order valence-electron chi connectivity index (χ2n) is 9.53. The van der Waals surface area contributed by atoms with E-state index >= 15 is 0 Å². The van der Waals surface area contributed by atoms with Gasteiger partial charge in [0.15, 0.2) is 0 Å². The van der Waals surface area contributed by atoms with Gasteiger partial charge in [-0.25, -0.2) is 0 Å². The Labute approximate surface area is 222 Å². The molecule has 0 aliphatic heterocycles. The quantitative estimate of drug-likeness (QED) is 0.256. The molecule has 0 saturated heterocycles. The van der Waals surface area contributed by atoms with Crippen LogP contribution in [0, 0.1) is 0 Å². The molecule has 0 radical (unpaired) electrons. The van der Waals surface area contributed by atoms with Crippen molar-refractivity contribution < 1.29 is 0 Å². The zero-order valence-electron chi connectivity index (χ0n) is 20.9. The highest BCUT2D eigenvalue weighted by Gasteiger charge is 2.13. The standard InChI is InChI=1S/C36H26N2/c1-3-11-26(12-4-1)27-19-22-30(23-20-27)38-35-18-10-8-16-32(35)33-25-29(21-24-36(33)38)37-34-17-9-7-15-31(34)28-13-5-2-6-14-28/h1-25,37H. The molecule has 1 heterocycles. The molecule has 0 fully saturated rings. The van der Waals surface area contributed by atoms with Crippen molar-refractivity contribution in [2.75, 3.05) is 5.32 Å². The minimum absolute atomic E-state index is 1.07. The maximum atomic E-state index is 3.69. The van der Waals surface area contributed by atoms with Gasteiger partial charge in [-0.15, -0.1) is 0 Å². The summed E-state index contributed by atoms with van der Waals surface area (Å²) < 4.78 is 2.36. The molecule has 2 nitrogen and oxygen atoms in total. The topological polar surface area (TPSA) is 17.0 Å². The first kappa shape index (κ1) is 22.1. The molecule has 1 aromatic heterocycles. The van der Waals surface area contributed by atoms with E-state index in [0.717, 1.165) is 17.1 Å². The number of hydrogen-bond donors (Lipinski definition) is 1. The van der Waals surface area contributed by atoms with Gasteiger partial charge in [-0.3, -0.25) is 0 Å². The van der Waals surface area contributed by atoms with Crippen LogP contribution in [0.5, 0.6) is 0 Å². The van der Waals surface area contributed by atoms with Crippen molar-refractivity contribution in [3.05, 3.63) is 152 Å². The lowest BCUT2D eigenvalue weighted by molar-refractivity contribution is 1.18. The van der Waals surface area contributed by atoms with Crippen molar-refractivity contribution in [3.8, 4) is 27.9 Å². The van der Waals surface area contributed by atoms with Crippen molar-refractivity contribution in [2.24, 2.45) is 0 Å². The normalized spacial score (nSPS) is 11.2. The molecule has 0 aliphatic rings. The molecule has 0 bridgehead atoms. The van der Waals surface area contributed by atoms with Gasteiger partial charge in [-0.1, -0.05) is 109 Å².